The van der Waals surface area contributed by atoms with Gasteiger partial charge in [0.1, 0.15) is 0 Å². The lowest BCUT2D eigenvalue weighted by molar-refractivity contribution is -0.605. The Morgan fingerprint density at radius 1 is 1.24 bits per heavy atom. The summed E-state index contributed by atoms with van der Waals surface area (Å²) in [5.74, 6) is -4.52. The number of piperidine rings is 1. The molecule has 2 atom stereocenters. The molecule has 0 amide bonds. The van der Waals surface area contributed by atoms with E-state index in [4.69, 9.17) is 31.4 Å². The third-order valence-corrected chi connectivity index (χ3v) is 5.19. The normalized spacial score (nSPS) is 17.6. The van der Waals surface area contributed by atoms with Crippen LogP contribution in [-0.4, -0.2) is 81.2 Å². The maximum atomic E-state index is 12.3. The molecule has 1 saturated heterocycles. The SMILES string of the molecule is O=C(O)C[C@](O)(CC(=O)O[C@H](CO/N=C(/Cl)c1ccc[n+]([O-])c1)CN1CCCCC1)C(=O)O. The molecule has 0 spiro atoms. The summed E-state index contributed by atoms with van der Waals surface area (Å²) < 4.78 is 5.84. The number of aromatic nitrogens is 1. The average Bonchev–Trinajstić information content (AvgIpc) is 2.73. The number of carboxylic acid groups (broad SMARTS) is 2. The van der Waals surface area contributed by atoms with Crippen LogP contribution >= 0.6 is 11.6 Å². The molecule has 2 heterocycles. The van der Waals surface area contributed by atoms with Gasteiger partial charge in [-0.1, -0.05) is 23.2 Å². The fourth-order valence-electron chi connectivity index (χ4n) is 3.29. The minimum atomic E-state index is -2.80. The van der Waals surface area contributed by atoms with Gasteiger partial charge in [-0.2, -0.15) is 4.73 Å². The molecule has 0 radical (unpaired) electrons. The van der Waals surface area contributed by atoms with E-state index in [1.54, 1.807) is 6.07 Å². The van der Waals surface area contributed by atoms with Crippen molar-refractivity contribution in [3.05, 3.63) is 35.3 Å². The zero-order valence-electron chi connectivity index (χ0n) is 17.8. The van der Waals surface area contributed by atoms with Crippen molar-refractivity contribution >= 4 is 34.7 Å². The molecule has 1 fully saturated rings. The fraction of sp³-hybridized carbons (Fsp3) is 0.550. The highest BCUT2D eigenvalue weighted by molar-refractivity contribution is 6.69. The molecule has 1 aromatic rings. The van der Waals surface area contributed by atoms with Crippen molar-refractivity contribution in [3.63, 3.8) is 0 Å². The number of halogens is 1. The summed E-state index contributed by atoms with van der Waals surface area (Å²) >= 11 is 6.03. The lowest BCUT2D eigenvalue weighted by atomic mass is 9.96. The van der Waals surface area contributed by atoms with Crippen LogP contribution in [0.4, 0.5) is 0 Å². The first-order valence-electron chi connectivity index (χ1n) is 10.2. The quantitative estimate of drug-likeness (QED) is 0.122. The number of rotatable bonds is 12. The molecule has 0 aromatic carbocycles. The highest BCUT2D eigenvalue weighted by Gasteiger charge is 2.42. The van der Waals surface area contributed by atoms with Crippen molar-refractivity contribution in [1.29, 1.82) is 0 Å². The Hall–Kier alpha value is -2.96. The summed E-state index contributed by atoms with van der Waals surface area (Å²) in [6, 6.07) is 3.02. The van der Waals surface area contributed by atoms with Gasteiger partial charge in [-0.3, -0.25) is 14.5 Å². The summed E-state index contributed by atoms with van der Waals surface area (Å²) in [5.41, 5.74) is -2.50. The molecule has 0 bridgehead atoms. The van der Waals surface area contributed by atoms with Crippen LogP contribution in [0.2, 0.25) is 0 Å². The average molecular weight is 488 g/mol. The van der Waals surface area contributed by atoms with E-state index in [-0.39, 0.29) is 18.3 Å². The third-order valence-electron chi connectivity index (χ3n) is 4.91. The van der Waals surface area contributed by atoms with Crippen LogP contribution in [0.15, 0.2) is 29.7 Å². The molecular formula is C20H26ClN3O9. The van der Waals surface area contributed by atoms with Gasteiger partial charge in [-0.25, -0.2) is 4.79 Å². The summed E-state index contributed by atoms with van der Waals surface area (Å²) in [5, 5.41) is 43.0. The van der Waals surface area contributed by atoms with E-state index in [1.165, 1.54) is 18.5 Å². The molecule has 182 valence electrons. The standard InChI is InChI=1S/C20H26ClN3O9/c21-18(14-5-4-8-24(31)11-14)22-32-13-15(12-23-6-2-1-3-7-23)33-17(27)10-20(30,19(28)29)9-16(25)26/h4-5,8,11,15,30H,1-3,6-7,9-10,12-13H2,(H,25,26)(H,28,29)/b22-18+/t15-,20-/m0/s1. The summed E-state index contributed by atoms with van der Waals surface area (Å²) in [6.45, 7) is 1.55. The second-order valence-electron chi connectivity index (χ2n) is 7.69. The number of esters is 1. The van der Waals surface area contributed by atoms with Gasteiger partial charge < -0.3 is 30.1 Å². The van der Waals surface area contributed by atoms with E-state index in [0.29, 0.717) is 10.3 Å². The number of carbonyl (C=O) groups excluding carboxylic acids is 1. The first-order valence-corrected chi connectivity index (χ1v) is 10.6. The van der Waals surface area contributed by atoms with Crippen LogP contribution in [0.3, 0.4) is 0 Å². The van der Waals surface area contributed by atoms with E-state index in [1.807, 2.05) is 4.90 Å². The Morgan fingerprint density at radius 3 is 2.55 bits per heavy atom. The molecule has 0 aliphatic carbocycles. The number of hydrogen-bond donors (Lipinski definition) is 3. The maximum Gasteiger partial charge on any atom is 0.336 e. The number of aliphatic hydroxyl groups is 1. The molecule has 13 heteroatoms. The van der Waals surface area contributed by atoms with Crippen LogP contribution in [0.25, 0.3) is 0 Å². The maximum absolute atomic E-state index is 12.3. The molecule has 1 aromatic heterocycles. The van der Waals surface area contributed by atoms with Crippen LogP contribution < -0.4 is 4.73 Å². The molecule has 1 aliphatic heterocycles. The molecule has 33 heavy (non-hydrogen) atoms. The smallest absolute Gasteiger partial charge is 0.336 e. The van der Waals surface area contributed by atoms with E-state index in [0.717, 1.165) is 32.4 Å². The zero-order valence-corrected chi connectivity index (χ0v) is 18.5. The van der Waals surface area contributed by atoms with E-state index in [2.05, 4.69) is 5.16 Å². The Bertz CT molecular complexity index is 876. The van der Waals surface area contributed by atoms with Crippen molar-refractivity contribution < 1.29 is 44.0 Å². The van der Waals surface area contributed by atoms with Crippen LogP contribution in [0.1, 0.15) is 37.7 Å². The number of pyridine rings is 1. The predicted octanol–water partition coefficient (Wildman–Crippen LogP) is 0.315. The van der Waals surface area contributed by atoms with E-state index < -0.39 is 42.5 Å². The molecule has 0 saturated carbocycles. The molecule has 3 N–H and O–H groups in total. The third kappa shape index (κ3) is 8.83. The molecule has 12 nitrogen and oxygen atoms in total. The van der Waals surface area contributed by atoms with Crippen molar-refractivity contribution in [2.24, 2.45) is 5.16 Å². The van der Waals surface area contributed by atoms with Crippen LogP contribution in [0, 0.1) is 5.21 Å². The Labute approximate surface area is 194 Å². The Kier molecular flexibility index (Phi) is 9.82. The second-order valence-corrected chi connectivity index (χ2v) is 8.05. The van der Waals surface area contributed by atoms with E-state index in [9.17, 15) is 24.7 Å². The summed E-state index contributed by atoms with van der Waals surface area (Å²) in [4.78, 5) is 41.7. The van der Waals surface area contributed by atoms with Gasteiger partial charge in [0.15, 0.2) is 35.9 Å². The lowest BCUT2D eigenvalue weighted by Crippen LogP contribution is -2.45. The highest BCUT2D eigenvalue weighted by atomic mass is 35.5. The highest BCUT2D eigenvalue weighted by Crippen LogP contribution is 2.18. The monoisotopic (exact) mass is 487 g/mol. The van der Waals surface area contributed by atoms with Gasteiger partial charge in [0.2, 0.25) is 0 Å². The van der Waals surface area contributed by atoms with Gasteiger partial charge in [0, 0.05) is 12.6 Å². The molecular weight excluding hydrogens is 462 g/mol. The molecule has 2 rings (SSSR count). The summed E-state index contributed by atoms with van der Waals surface area (Å²) in [7, 11) is 0. The number of hydrogen-bond acceptors (Lipinski definition) is 9. The van der Waals surface area contributed by atoms with Gasteiger partial charge >= 0.3 is 17.9 Å². The number of nitrogens with zero attached hydrogens (tertiary/aromatic N) is 3. The first-order chi connectivity index (χ1) is 15.6. The van der Waals surface area contributed by atoms with Gasteiger partial charge in [-0.15, -0.1) is 0 Å². The Balaban J connectivity index is 2.04. The van der Waals surface area contributed by atoms with Crippen molar-refractivity contribution in [3.8, 4) is 0 Å². The van der Waals surface area contributed by atoms with Crippen LogP contribution in [0.5, 0.6) is 0 Å². The Morgan fingerprint density at radius 2 is 1.94 bits per heavy atom. The predicted molar refractivity (Wildman–Crippen MR) is 113 cm³/mol. The van der Waals surface area contributed by atoms with Crippen molar-refractivity contribution in [2.45, 2.75) is 43.8 Å². The molecule has 0 unspecified atom stereocenters. The summed E-state index contributed by atoms with van der Waals surface area (Å²) in [6.07, 6.45) is 2.35. The lowest BCUT2D eigenvalue weighted by Gasteiger charge is -2.30. The largest absolute Gasteiger partial charge is 0.619 e. The second kappa shape index (κ2) is 12.3. The first kappa shape index (κ1) is 26.3. The number of carbonyl (C=O) groups is 3. The van der Waals surface area contributed by atoms with Gasteiger partial charge in [0.05, 0.1) is 18.4 Å². The zero-order chi connectivity index (χ0) is 24.4. The number of oxime groups is 1. The van der Waals surface area contributed by atoms with Crippen LogP contribution in [-0.2, 0) is 24.0 Å². The fourth-order valence-corrected chi connectivity index (χ4v) is 3.45. The topological polar surface area (TPSA) is 173 Å². The number of carboxylic acids is 2. The minimum Gasteiger partial charge on any atom is -0.619 e. The van der Waals surface area contributed by atoms with Crippen molar-refractivity contribution in [1.82, 2.24) is 4.90 Å². The van der Waals surface area contributed by atoms with E-state index >= 15 is 0 Å². The number of likely N-dealkylation sites (tertiary alicyclic amines) is 1. The minimum absolute atomic E-state index is 0.107. The van der Waals surface area contributed by atoms with Crippen molar-refractivity contribution in [2.75, 3.05) is 26.2 Å². The molecule has 1 aliphatic rings. The number of ether oxygens (including phenoxy) is 1. The van der Waals surface area contributed by atoms with Gasteiger partial charge in [-0.05, 0) is 32.0 Å². The number of aliphatic carboxylic acids is 2. The van der Waals surface area contributed by atoms with Gasteiger partial charge in [0.25, 0.3) is 0 Å².